The fraction of sp³-hybridized carbons (Fsp3) is 0.472. The summed E-state index contributed by atoms with van der Waals surface area (Å²) in [6.07, 6.45) is 7.69. The highest BCUT2D eigenvalue weighted by Crippen LogP contribution is 2.46. The molecule has 1 saturated heterocycles. The molecule has 15 heteroatoms. The number of halogens is 1. The molecule has 0 unspecified atom stereocenters. The Morgan fingerprint density at radius 3 is 2.61 bits per heavy atom. The Morgan fingerprint density at radius 1 is 1.08 bits per heavy atom. The van der Waals surface area contributed by atoms with Crippen LogP contribution in [0.3, 0.4) is 0 Å². The van der Waals surface area contributed by atoms with Crippen LogP contribution >= 0.6 is 0 Å². The van der Waals surface area contributed by atoms with Crippen LogP contribution in [-0.4, -0.2) is 84.3 Å². The highest BCUT2D eigenvalue weighted by atomic mass is 32.2. The van der Waals surface area contributed by atoms with E-state index in [4.69, 9.17) is 19.4 Å². The molecule has 2 saturated carbocycles. The Kier molecular flexibility index (Phi) is 9.33. The smallest absolute Gasteiger partial charge is 0.318 e. The lowest BCUT2D eigenvalue weighted by Gasteiger charge is -2.26. The maximum Gasteiger partial charge on any atom is 0.318 e. The molecule has 2 aliphatic heterocycles. The third kappa shape index (κ3) is 7.08. The van der Waals surface area contributed by atoms with Gasteiger partial charge in [-0.2, -0.15) is 4.98 Å². The number of nitrogens with one attached hydrogen (secondary N) is 3. The molecular weight excluding hydrogens is 679 g/mol. The number of carbonyl (C=O) groups is 3. The number of urea groups is 1. The fourth-order valence-electron chi connectivity index (χ4n) is 6.93. The van der Waals surface area contributed by atoms with E-state index in [0.717, 1.165) is 31.2 Å². The number of hydrogen-bond acceptors (Lipinski definition) is 9. The second-order valence-electron chi connectivity index (χ2n) is 13.7. The second-order valence-corrected chi connectivity index (χ2v) is 15.7. The van der Waals surface area contributed by atoms with E-state index in [0.29, 0.717) is 47.4 Å². The van der Waals surface area contributed by atoms with Crippen LogP contribution in [0.4, 0.5) is 9.18 Å². The zero-order valence-corrected chi connectivity index (χ0v) is 29.3. The summed E-state index contributed by atoms with van der Waals surface area (Å²) in [7, 11) is -2.30. The van der Waals surface area contributed by atoms with E-state index in [2.05, 4.69) is 15.4 Å². The standard InChI is InChI=1S/C36H41FN6O7S/c1-21-29(49-2)16-15-27-30(21)39-31(22-9-11-24(37)12-10-22)40-33(27)50-25-18-28-32(44)41-36(34(45)42-51(47,48)26-13-14-26)19-23(36)8-6-4-3-5-7-17-38-35(46)43(28)20-25/h6,8-12,15-16,23,25-26,28H,3-5,7,13-14,17-20H2,1-2H3,(H,38,46)(H,41,44)(H,42,45)/t23-,25-,28+,36-/m1/s1. The molecule has 3 heterocycles. The number of ether oxygens (including phenoxy) is 2. The van der Waals surface area contributed by atoms with Crippen molar-refractivity contribution < 1.29 is 36.7 Å². The minimum Gasteiger partial charge on any atom is -0.496 e. The van der Waals surface area contributed by atoms with Gasteiger partial charge < -0.3 is 25.0 Å². The molecule has 0 bridgehead atoms. The summed E-state index contributed by atoms with van der Waals surface area (Å²) in [6, 6.07) is 7.85. The molecule has 0 spiro atoms. The first kappa shape index (κ1) is 34.6. The number of amides is 4. The van der Waals surface area contributed by atoms with Gasteiger partial charge in [0.1, 0.15) is 29.3 Å². The van der Waals surface area contributed by atoms with Gasteiger partial charge in [-0.05, 0) is 81.8 Å². The summed E-state index contributed by atoms with van der Waals surface area (Å²) in [5, 5.41) is 5.76. The topological polar surface area (TPSA) is 169 Å². The minimum atomic E-state index is -3.86. The monoisotopic (exact) mass is 720 g/mol. The molecule has 3 aromatic rings. The van der Waals surface area contributed by atoms with Gasteiger partial charge in [-0.25, -0.2) is 22.6 Å². The Labute approximate surface area is 295 Å². The van der Waals surface area contributed by atoms with Crippen molar-refractivity contribution in [1.29, 1.82) is 0 Å². The fourth-order valence-corrected chi connectivity index (χ4v) is 8.29. The van der Waals surface area contributed by atoms with Crippen molar-refractivity contribution in [2.24, 2.45) is 5.92 Å². The molecule has 2 aliphatic carbocycles. The second kappa shape index (κ2) is 13.7. The molecule has 0 radical (unpaired) electrons. The van der Waals surface area contributed by atoms with Crippen molar-refractivity contribution in [2.45, 2.75) is 81.2 Å². The lowest BCUT2D eigenvalue weighted by molar-refractivity contribution is -0.131. The van der Waals surface area contributed by atoms with Crippen molar-refractivity contribution in [1.82, 2.24) is 30.2 Å². The molecule has 4 amide bonds. The number of carbonyl (C=O) groups excluding carboxylic acids is 3. The van der Waals surface area contributed by atoms with Gasteiger partial charge in [0.15, 0.2) is 5.82 Å². The average molecular weight is 721 g/mol. The maximum atomic E-state index is 14.1. The van der Waals surface area contributed by atoms with Gasteiger partial charge in [-0.3, -0.25) is 14.3 Å². The number of fused-ring (bicyclic) bond motifs is 3. The third-order valence-corrected chi connectivity index (χ3v) is 11.9. The van der Waals surface area contributed by atoms with E-state index < -0.39 is 62.5 Å². The highest BCUT2D eigenvalue weighted by molar-refractivity contribution is 7.91. The van der Waals surface area contributed by atoms with Crippen LogP contribution in [0.25, 0.3) is 22.3 Å². The van der Waals surface area contributed by atoms with E-state index in [-0.39, 0.29) is 25.3 Å². The number of methoxy groups -OCH3 is 1. The van der Waals surface area contributed by atoms with Crippen molar-refractivity contribution in [3.63, 3.8) is 0 Å². The van der Waals surface area contributed by atoms with E-state index in [9.17, 15) is 27.2 Å². The molecule has 1 aromatic heterocycles. The first-order chi connectivity index (χ1) is 24.5. The molecule has 13 nitrogen and oxygen atoms in total. The largest absolute Gasteiger partial charge is 0.496 e. The Hall–Kier alpha value is -4.79. The lowest BCUT2D eigenvalue weighted by atomic mass is 10.1. The number of aryl methyl sites for hydroxylation is 1. The summed E-state index contributed by atoms with van der Waals surface area (Å²) in [5.41, 5.74) is 0.400. The average Bonchev–Trinajstić information content (AvgIpc) is 4.03. The summed E-state index contributed by atoms with van der Waals surface area (Å²) >= 11 is 0. The predicted molar refractivity (Wildman–Crippen MR) is 186 cm³/mol. The molecule has 2 aromatic carbocycles. The van der Waals surface area contributed by atoms with Crippen molar-refractivity contribution in [3.8, 4) is 23.0 Å². The summed E-state index contributed by atoms with van der Waals surface area (Å²) in [5.74, 6) is -1.04. The molecule has 7 rings (SSSR count). The molecule has 51 heavy (non-hydrogen) atoms. The molecule has 4 atom stereocenters. The summed E-state index contributed by atoms with van der Waals surface area (Å²) in [4.78, 5) is 52.1. The van der Waals surface area contributed by atoms with E-state index in [1.54, 1.807) is 31.4 Å². The van der Waals surface area contributed by atoms with Gasteiger partial charge >= 0.3 is 6.03 Å². The third-order valence-electron chi connectivity index (χ3n) is 10.1. The zero-order chi connectivity index (χ0) is 35.9. The van der Waals surface area contributed by atoms with Gasteiger partial charge in [0, 0.05) is 30.0 Å². The summed E-state index contributed by atoms with van der Waals surface area (Å²) < 4.78 is 53.5. The van der Waals surface area contributed by atoms with Crippen LogP contribution < -0.4 is 24.8 Å². The quantitative estimate of drug-likeness (QED) is 0.307. The zero-order valence-electron chi connectivity index (χ0n) is 28.5. The first-order valence-electron chi connectivity index (χ1n) is 17.4. The Bertz CT molecular complexity index is 2000. The van der Waals surface area contributed by atoms with E-state index in [1.807, 2.05) is 19.1 Å². The van der Waals surface area contributed by atoms with Crippen LogP contribution in [0.5, 0.6) is 11.6 Å². The van der Waals surface area contributed by atoms with E-state index >= 15 is 0 Å². The molecule has 4 aliphatic rings. The van der Waals surface area contributed by atoms with Crippen molar-refractivity contribution in [3.05, 3.63) is 59.9 Å². The Balaban J connectivity index is 1.20. The normalized spacial score (nSPS) is 25.5. The number of hydrogen-bond donors (Lipinski definition) is 3. The SMILES string of the molecule is COc1ccc2c(O[C@@H]3C[C@H]4C(=O)N[C@]5(C(=O)NS(=O)(=O)C6CC6)C[C@H]5C=CCCCCCNC(=O)N4C3)nc(-c3ccc(F)cc3)nc2c1C. The molecule has 3 fully saturated rings. The van der Waals surface area contributed by atoms with Gasteiger partial charge in [0.25, 0.3) is 5.91 Å². The lowest BCUT2D eigenvalue weighted by Crippen LogP contribution is -2.57. The predicted octanol–water partition coefficient (Wildman–Crippen LogP) is 3.90. The minimum absolute atomic E-state index is 0.0367. The number of benzene rings is 2. The molecular formula is C36H41FN6O7S. The first-order valence-corrected chi connectivity index (χ1v) is 18.9. The Morgan fingerprint density at radius 2 is 1.86 bits per heavy atom. The van der Waals surface area contributed by atoms with Gasteiger partial charge in [-0.15, -0.1) is 0 Å². The number of rotatable bonds is 7. The van der Waals surface area contributed by atoms with E-state index in [1.165, 1.54) is 17.0 Å². The van der Waals surface area contributed by atoms with Gasteiger partial charge in [0.2, 0.25) is 21.8 Å². The number of sulfonamides is 1. The van der Waals surface area contributed by atoms with Crippen LogP contribution in [-0.2, 0) is 19.6 Å². The highest BCUT2D eigenvalue weighted by Gasteiger charge is 2.62. The maximum absolute atomic E-state index is 14.1. The number of nitrogens with zero attached hydrogens (tertiary/aromatic N) is 3. The van der Waals surface area contributed by atoms with Crippen molar-refractivity contribution in [2.75, 3.05) is 20.2 Å². The van der Waals surface area contributed by atoms with Crippen LogP contribution in [0, 0.1) is 18.7 Å². The number of aromatic nitrogens is 2. The van der Waals surface area contributed by atoms with Crippen molar-refractivity contribution >= 4 is 38.8 Å². The summed E-state index contributed by atoms with van der Waals surface area (Å²) in [6.45, 7) is 2.32. The number of allylic oxidation sites excluding steroid dienone is 1. The molecule has 270 valence electrons. The van der Waals surface area contributed by atoms with Gasteiger partial charge in [-0.1, -0.05) is 18.6 Å². The van der Waals surface area contributed by atoms with Gasteiger partial charge in [0.05, 0.1) is 29.8 Å². The van der Waals surface area contributed by atoms with Crippen LogP contribution in [0.2, 0.25) is 0 Å². The van der Waals surface area contributed by atoms with Crippen LogP contribution in [0.15, 0.2) is 48.6 Å². The molecule has 3 N–H and O–H groups in total. The van der Waals surface area contributed by atoms with Crippen LogP contribution in [0.1, 0.15) is 56.9 Å².